The second kappa shape index (κ2) is 9.82. The first kappa shape index (κ1) is 21.7. The van der Waals surface area contributed by atoms with Gasteiger partial charge in [-0.3, -0.25) is 19.8 Å². The summed E-state index contributed by atoms with van der Waals surface area (Å²) in [5.74, 6) is 0.134. The van der Waals surface area contributed by atoms with Crippen LogP contribution in [0.2, 0.25) is 0 Å². The predicted octanol–water partition coefficient (Wildman–Crippen LogP) is 2.40. The molecule has 4 heterocycles. The number of nitrogens with zero attached hydrogens (tertiary/aromatic N) is 4. The Morgan fingerprint density at radius 3 is 2.88 bits per heavy atom. The van der Waals surface area contributed by atoms with Crippen LogP contribution in [-0.2, 0) is 27.5 Å². The number of amides is 2. The van der Waals surface area contributed by atoms with Crippen LogP contribution in [-0.4, -0.2) is 58.0 Å². The number of thiophene rings is 1. The molecule has 2 aliphatic rings. The maximum atomic E-state index is 12.1. The Morgan fingerprint density at radius 1 is 1.18 bits per heavy atom. The highest BCUT2D eigenvalue weighted by Gasteiger charge is 2.29. The molecule has 0 saturated carbocycles. The van der Waals surface area contributed by atoms with Crippen molar-refractivity contribution in [2.75, 3.05) is 26.3 Å². The van der Waals surface area contributed by atoms with Crippen molar-refractivity contribution in [3.63, 3.8) is 0 Å². The van der Waals surface area contributed by atoms with Crippen molar-refractivity contribution < 1.29 is 19.1 Å². The molecule has 33 heavy (non-hydrogen) atoms. The summed E-state index contributed by atoms with van der Waals surface area (Å²) in [7, 11) is 0. The molecule has 0 radical (unpaired) electrons. The van der Waals surface area contributed by atoms with Crippen molar-refractivity contribution in [1.29, 1.82) is 0 Å². The summed E-state index contributed by atoms with van der Waals surface area (Å²) in [6, 6.07) is 7.92. The van der Waals surface area contributed by atoms with Crippen molar-refractivity contribution in [2.24, 2.45) is 0 Å². The molecule has 3 aromatic rings. The number of carbonyl (C=O) groups is 2. The largest absolute Gasteiger partial charge is 0.487 e. The number of morpholine rings is 1. The third-order valence-corrected chi connectivity index (χ3v) is 6.56. The van der Waals surface area contributed by atoms with E-state index in [-0.39, 0.29) is 11.8 Å². The smallest absolute Gasteiger partial charge is 0.251 e. The molecule has 0 spiro atoms. The summed E-state index contributed by atoms with van der Waals surface area (Å²) in [5, 5.41) is 14.6. The third-order valence-electron chi connectivity index (χ3n) is 5.84. The monoisotopic (exact) mass is 467 g/mol. The number of hydrogen-bond donors (Lipinski definition) is 1. The zero-order chi connectivity index (χ0) is 22.6. The molecule has 1 aromatic carbocycles. The summed E-state index contributed by atoms with van der Waals surface area (Å²) < 4.78 is 13.1. The number of carbonyl (C=O) groups excluding carboxylic acids is 2. The van der Waals surface area contributed by atoms with Crippen molar-refractivity contribution >= 4 is 23.2 Å². The van der Waals surface area contributed by atoms with E-state index in [0.29, 0.717) is 25.1 Å². The van der Waals surface area contributed by atoms with Gasteiger partial charge in [0, 0.05) is 36.8 Å². The molecule has 5 rings (SSSR count). The Kier molecular flexibility index (Phi) is 6.47. The van der Waals surface area contributed by atoms with Gasteiger partial charge in [0.15, 0.2) is 0 Å². The van der Waals surface area contributed by atoms with Gasteiger partial charge in [-0.2, -0.15) is 0 Å². The van der Waals surface area contributed by atoms with E-state index in [1.807, 2.05) is 10.8 Å². The molecule has 1 unspecified atom stereocenters. The number of rotatable bonds is 7. The predicted molar refractivity (Wildman–Crippen MR) is 122 cm³/mol. The van der Waals surface area contributed by atoms with E-state index >= 15 is 0 Å². The van der Waals surface area contributed by atoms with Gasteiger partial charge < -0.3 is 9.47 Å². The molecule has 2 saturated heterocycles. The van der Waals surface area contributed by atoms with Gasteiger partial charge in [0.1, 0.15) is 24.1 Å². The number of nitrogens with one attached hydrogen (secondary N) is 1. The Hall–Kier alpha value is -3.08. The van der Waals surface area contributed by atoms with Gasteiger partial charge in [0.05, 0.1) is 25.0 Å². The summed E-state index contributed by atoms with van der Waals surface area (Å²) >= 11 is 1.52. The molecule has 0 bridgehead atoms. The van der Waals surface area contributed by atoms with Gasteiger partial charge in [0.2, 0.25) is 5.91 Å². The number of piperidine rings is 1. The van der Waals surface area contributed by atoms with E-state index < -0.39 is 6.04 Å². The molecule has 9 nitrogen and oxygen atoms in total. The van der Waals surface area contributed by atoms with E-state index in [2.05, 4.69) is 44.8 Å². The Morgan fingerprint density at radius 2 is 2.03 bits per heavy atom. The first-order valence-corrected chi connectivity index (χ1v) is 11.9. The average molecular weight is 468 g/mol. The van der Waals surface area contributed by atoms with Crippen LogP contribution in [0.15, 0.2) is 41.2 Å². The highest BCUT2D eigenvalue weighted by atomic mass is 32.1. The summed E-state index contributed by atoms with van der Waals surface area (Å²) in [4.78, 5) is 25.9. The molecule has 1 atom stereocenters. The topological polar surface area (TPSA) is 98.6 Å². The zero-order valence-electron chi connectivity index (χ0n) is 18.1. The molecule has 2 aliphatic heterocycles. The number of benzene rings is 1. The lowest BCUT2D eigenvalue weighted by Gasteiger charge is -2.26. The molecule has 2 aromatic heterocycles. The summed E-state index contributed by atoms with van der Waals surface area (Å²) in [6.07, 6.45) is 2.45. The minimum atomic E-state index is -0.527. The number of hydrogen-bond acceptors (Lipinski definition) is 8. The minimum absolute atomic E-state index is 0.251. The van der Waals surface area contributed by atoms with Crippen LogP contribution < -0.4 is 10.1 Å². The maximum Gasteiger partial charge on any atom is 0.251 e. The maximum absolute atomic E-state index is 12.1. The Balaban J connectivity index is 1.24. The fraction of sp³-hybridized carbons (Fsp3) is 0.391. The van der Waals surface area contributed by atoms with E-state index in [1.54, 1.807) is 6.20 Å². The van der Waals surface area contributed by atoms with Crippen molar-refractivity contribution in [3.05, 3.63) is 52.3 Å². The fourth-order valence-corrected chi connectivity index (χ4v) is 4.83. The van der Waals surface area contributed by atoms with E-state index in [4.69, 9.17) is 9.47 Å². The van der Waals surface area contributed by atoms with Gasteiger partial charge >= 0.3 is 0 Å². The minimum Gasteiger partial charge on any atom is -0.487 e. The number of imide groups is 1. The second-order valence-corrected chi connectivity index (χ2v) is 8.94. The SMILES string of the molecule is O=C1CCC(n2cc(-c3cscc3OCc3cccc(CN4CCOCC4)c3)nn2)C(=O)N1. The molecule has 0 aliphatic carbocycles. The number of aromatic nitrogens is 3. The molecular weight excluding hydrogens is 442 g/mol. The standard InChI is InChI=1S/C23H25N5O4S/c29-22-5-4-20(23(30)24-22)28-12-19(25-26-28)18-14-33-15-21(18)32-13-17-3-1-2-16(10-17)11-27-6-8-31-9-7-27/h1-3,10,12,14-15,20H,4-9,11,13H2,(H,24,29,30). The fourth-order valence-electron chi connectivity index (χ4n) is 4.07. The van der Waals surface area contributed by atoms with Crippen LogP contribution in [0.1, 0.15) is 30.0 Å². The Bertz CT molecular complexity index is 1140. The third kappa shape index (κ3) is 5.13. The lowest BCUT2D eigenvalue weighted by molar-refractivity contribution is -0.136. The van der Waals surface area contributed by atoms with Crippen LogP contribution in [0.5, 0.6) is 5.75 Å². The Labute approximate surface area is 195 Å². The van der Waals surface area contributed by atoms with E-state index in [1.165, 1.54) is 21.6 Å². The molecule has 2 fully saturated rings. The lowest BCUT2D eigenvalue weighted by atomic mass is 10.1. The van der Waals surface area contributed by atoms with E-state index in [0.717, 1.165) is 49.7 Å². The van der Waals surface area contributed by atoms with Crippen molar-refractivity contribution in [3.8, 4) is 17.0 Å². The van der Waals surface area contributed by atoms with Crippen molar-refractivity contribution in [1.82, 2.24) is 25.2 Å². The van der Waals surface area contributed by atoms with Gasteiger partial charge in [-0.05, 0) is 17.5 Å². The molecule has 1 N–H and O–H groups in total. The van der Waals surface area contributed by atoms with E-state index in [9.17, 15) is 9.59 Å². The molecular formula is C23H25N5O4S. The van der Waals surface area contributed by atoms with Crippen LogP contribution in [0.4, 0.5) is 0 Å². The summed E-state index contributed by atoms with van der Waals surface area (Å²) in [6.45, 7) is 4.85. The highest BCUT2D eigenvalue weighted by molar-refractivity contribution is 7.08. The van der Waals surface area contributed by atoms with Gasteiger partial charge in [-0.15, -0.1) is 16.4 Å². The summed E-state index contributed by atoms with van der Waals surface area (Å²) in [5.41, 5.74) is 3.83. The quantitative estimate of drug-likeness (QED) is 0.533. The van der Waals surface area contributed by atoms with Crippen LogP contribution in [0.3, 0.4) is 0 Å². The first-order valence-electron chi connectivity index (χ1n) is 11.0. The van der Waals surface area contributed by atoms with Crippen LogP contribution >= 0.6 is 11.3 Å². The van der Waals surface area contributed by atoms with Gasteiger partial charge in [0.25, 0.3) is 5.91 Å². The second-order valence-electron chi connectivity index (χ2n) is 8.20. The molecule has 172 valence electrons. The number of ether oxygens (including phenoxy) is 2. The normalized spacial score (nSPS) is 19.5. The zero-order valence-corrected chi connectivity index (χ0v) is 18.9. The highest BCUT2D eigenvalue weighted by Crippen LogP contribution is 2.33. The van der Waals surface area contributed by atoms with Gasteiger partial charge in [-0.25, -0.2) is 4.68 Å². The lowest BCUT2D eigenvalue weighted by Crippen LogP contribution is -2.41. The van der Waals surface area contributed by atoms with Crippen LogP contribution in [0.25, 0.3) is 11.3 Å². The van der Waals surface area contributed by atoms with Crippen LogP contribution in [0, 0.1) is 0 Å². The average Bonchev–Trinajstić information content (AvgIpc) is 3.48. The first-order chi connectivity index (χ1) is 16.2. The van der Waals surface area contributed by atoms with Gasteiger partial charge in [-0.1, -0.05) is 29.5 Å². The molecule has 10 heteroatoms. The van der Waals surface area contributed by atoms with Crippen molar-refractivity contribution in [2.45, 2.75) is 32.0 Å². The molecule has 2 amide bonds.